The Hall–Kier alpha value is -2.60. The molecule has 0 aliphatic carbocycles. The molecule has 0 N–H and O–H groups in total. The molecule has 6 heteroatoms. The summed E-state index contributed by atoms with van der Waals surface area (Å²) in [4.78, 5) is 21.7. The Morgan fingerprint density at radius 1 is 1.11 bits per heavy atom. The zero-order chi connectivity index (χ0) is 19.7. The zero-order valence-corrected chi connectivity index (χ0v) is 16.8. The number of thioether (sulfide) groups is 1. The van der Waals surface area contributed by atoms with Crippen molar-refractivity contribution in [2.45, 2.75) is 19.8 Å². The molecule has 0 bridgehead atoms. The van der Waals surface area contributed by atoms with E-state index in [1.165, 1.54) is 52.9 Å². The Morgan fingerprint density at radius 3 is 2.50 bits per heavy atom. The SMILES string of the molecule is Cc1cc(/C=C2/SC(=Nc3ccc(F)cc3)N(C)C2=O)ccc1N1CCCC1. The number of hydrogen-bond donors (Lipinski definition) is 0. The van der Waals surface area contributed by atoms with Gasteiger partial charge in [-0.1, -0.05) is 6.07 Å². The minimum atomic E-state index is -0.305. The number of aliphatic imine (C=N–C) groups is 1. The van der Waals surface area contributed by atoms with Gasteiger partial charge in [-0.2, -0.15) is 0 Å². The molecule has 0 saturated carbocycles. The van der Waals surface area contributed by atoms with E-state index in [1.807, 2.05) is 6.08 Å². The molecule has 0 atom stereocenters. The first-order valence-corrected chi connectivity index (χ1v) is 10.2. The van der Waals surface area contributed by atoms with Crippen LogP contribution in [0.25, 0.3) is 6.08 Å². The van der Waals surface area contributed by atoms with Crippen LogP contribution in [0.2, 0.25) is 0 Å². The van der Waals surface area contributed by atoms with Crippen molar-refractivity contribution in [3.8, 4) is 0 Å². The van der Waals surface area contributed by atoms with Crippen molar-refractivity contribution >= 4 is 40.3 Å². The lowest BCUT2D eigenvalue weighted by atomic mass is 10.1. The Bertz CT molecular complexity index is 962. The van der Waals surface area contributed by atoms with Crippen LogP contribution in [-0.2, 0) is 4.79 Å². The van der Waals surface area contributed by atoms with Gasteiger partial charge in [0.05, 0.1) is 10.6 Å². The largest absolute Gasteiger partial charge is 0.371 e. The van der Waals surface area contributed by atoms with E-state index in [0.717, 1.165) is 18.7 Å². The number of benzene rings is 2. The van der Waals surface area contributed by atoms with Crippen LogP contribution in [0.1, 0.15) is 24.0 Å². The van der Waals surface area contributed by atoms with Crippen molar-refractivity contribution in [3.05, 3.63) is 64.3 Å². The number of carbonyl (C=O) groups excluding carboxylic acids is 1. The summed E-state index contributed by atoms with van der Waals surface area (Å²) >= 11 is 1.34. The van der Waals surface area contributed by atoms with Crippen LogP contribution in [0.15, 0.2) is 52.4 Å². The van der Waals surface area contributed by atoms with Crippen LogP contribution in [0.4, 0.5) is 15.8 Å². The number of aryl methyl sites for hydroxylation is 1. The van der Waals surface area contributed by atoms with Gasteiger partial charge in [-0.05, 0) is 85.1 Å². The number of nitrogens with zero attached hydrogens (tertiary/aromatic N) is 3. The Morgan fingerprint density at radius 2 is 1.82 bits per heavy atom. The molecule has 2 aromatic rings. The van der Waals surface area contributed by atoms with E-state index < -0.39 is 0 Å². The smallest absolute Gasteiger partial charge is 0.266 e. The summed E-state index contributed by atoms with van der Waals surface area (Å²) in [6.07, 6.45) is 4.41. The highest BCUT2D eigenvalue weighted by atomic mass is 32.2. The molecular weight excluding hydrogens is 373 g/mol. The number of rotatable bonds is 3. The van der Waals surface area contributed by atoms with Gasteiger partial charge in [-0.25, -0.2) is 9.38 Å². The molecule has 2 aliphatic heterocycles. The van der Waals surface area contributed by atoms with Gasteiger partial charge in [-0.3, -0.25) is 9.69 Å². The van der Waals surface area contributed by atoms with Crippen LogP contribution in [0.3, 0.4) is 0 Å². The molecule has 0 aromatic heterocycles. The standard InChI is InChI=1S/C22H22FN3OS/c1-15-13-16(5-10-19(15)26-11-3-4-12-26)14-20-21(27)25(2)22(28-20)24-18-8-6-17(23)7-9-18/h5-10,13-14H,3-4,11-12H2,1-2H3/b20-14+,24-22?. The maximum Gasteiger partial charge on any atom is 0.266 e. The molecule has 1 amide bonds. The summed E-state index contributed by atoms with van der Waals surface area (Å²) < 4.78 is 13.1. The molecule has 0 radical (unpaired) electrons. The normalized spacial score (nSPS) is 20.0. The predicted molar refractivity (Wildman–Crippen MR) is 114 cm³/mol. The average Bonchev–Trinajstić information content (AvgIpc) is 3.29. The highest BCUT2D eigenvalue weighted by molar-refractivity contribution is 8.18. The van der Waals surface area contributed by atoms with Crippen molar-refractivity contribution in [1.29, 1.82) is 0 Å². The van der Waals surface area contributed by atoms with Crippen LogP contribution < -0.4 is 4.90 Å². The fourth-order valence-electron chi connectivity index (χ4n) is 3.51. The van der Waals surface area contributed by atoms with Gasteiger partial charge in [0.15, 0.2) is 5.17 Å². The highest BCUT2D eigenvalue weighted by Crippen LogP contribution is 2.34. The minimum absolute atomic E-state index is 0.0767. The molecule has 2 aromatic carbocycles. The van der Waals surface area contributed by atoms with Crippen molar-refractivity contribution in [2.75, 3.05) is 25.0 Å². The van der Waals surface area contributed by atoms with Gasteiger partial charge in [0, 0.05) is 25.8 Å². The first-order valence-electron chi connectivity index (χ1n) is 9.39. The van der Waals surface area contributed by atoms with E-state index >= 15 is 0 Å². The lowest BCUT2D eigenvalue weighted by molar-refractivity contribution is -0.121. The number of likely N-dealkylation sites (N-methyl/N-ethyl adjacent to an activating group) is 1. The lowest BCUT2D eigenvalue weighted by Crippen LogP contribution is -2.23. The molecule has 2 fully saturated rings. The molecule has 4 nitrogen and oxygen atoms in total. The molecule has 4 rings (SSSR count). The molecule has 2 heterocycles. The third-order valence-electron chi connectivity index (χ3n) is 5.02. The Labute approximate surface area is 168 Å². The summed E-state index contributed by atoms with van der Waals surface area (Å²) in [5, 5.41) is 0.591. The van der Waals surface area contributed by atoms with E-state index in [9.17, 15) is 9.18 Å². The fraction of sp³-hybridized carbons (Fsp3) is 0.273. The number of amides is 1. The van der Waals surface area contributed by atoms with Gasteiger partial charge in [0.2, 0.25) is 0 Å². The molecule has 0 unspecified atom stereocenters. The number of halogens is 1. The summed E-state index contributed by atoms with van der Waals surface area (Å²) in [5.41, 5.74) is 4.13. The van der Waals surface area contributed by atoms with E-state index in [4.69, 9.17) is 0 Å². The average molecular weight is 396 g/mol. The van der Waals surface area contributed by atoms with Gasteiger partial charge in [0.25, 0.3) is 5.91 Å². The predicted octanol–water partition coefficient (Wildman–Crippen LogP) is 4.97. The topological polar surface area (TPSA) is 35.9 Å². The van der Waals surface area contributed by atoms with E-state index in [2.05, 4.69) is 35.0 Å². The zero-order valence-electron chi connectivity index (χ0n) is 16.0. The second-order valence-electron chi connectivity index (χ2n) is 7.09. The molecule has 0 spiro atoms. The Balaban J connectivity index is 1.57. The number of carbonyl (C=O) groups is 1. The second kappa shape index (κ2) is 7.80. The fourth-order valence-corrected chi connectivity index (χ4v) is 4.50. The molecular formula is C22H22FN3OS. The Kier molecular flexibility index (Phi) is 5.22. The number of hydrogen-bond acceptors (Lipinski definition) is 4. The first-order chi connectivity index (χ1) is 13.5. The highest BCUT2D eigenvalue weighted by Gasteiger charge is 2.30. The number of amidine groups is 1. The molecule has 28 heavy (non-hydrogen) atoms. The van der Waals surface area contributed by atoms with Gasteiger partial charge in [-0.15, -0.1) is 0 Å². The molecule has 144 valence electrons. The first kappa shape index (κ1) is 18.7. The van der Waals surface area contributed by atoms with Gasteiger partial charge < -0.3 is 4.90 Å². The van der Waals surface area contributed by atoms with Crippen LogP contribution >= 0.6 is 11.8 Å². The van der Waals surface area contributed by atoms with Crippen molar-refractivity contribution in [3.63, 3.8) is 0 Å². The van der Waals surface area contributed by atoms with Crippen molar-refractivity contribution in [2.24, 2.45) is 4.99 Å². The summed E-state index contributed by atoms with van der Waals surface area (Å²) in [5.74, 6) is -0.382. The van der Waals surface area contributed by atoms with E-state index in [0.29, 0.717) is 15.8 Å². The lowest BCUT2D eigenvalue weighted by Gasteiger charge is -2.20. The van der Waals surface area contributed by atoms with Crippen LogP contribution in [0.5, 0.6) is 0 Å². The van der Waals surface area contributed by atoms with Crippen molar-refractivity contribution in [1.82, 2.24) is 4.90 Å². The maximum atomic E-state index is 13.1. The quantitative estimate of drug-likeness (QED) is 0.689. The van der Waals surface area contributed by atoms with Gasteiger partial charge in [0.1, 0.15) is 5.82 Å². The van der Waals surface area contributed by atoms with E-state index in [1.54, 1.807) is 19.2 Å². The maximum absolute atomic E-state index is 13.1. The summed E-state index contributed by atoms with van der Waals surface area (Å²) in [6, 6.07) is 12.3. The van der Waals surface area contributed by atoms with E-state index in [-0.39, 0.29) is 11.7 Å². The van der Waals surface area contributed by atoms with Crippen molar-refractivity contribution < 1.29 is 9.18 Å². The third kappa shape index (κ3) is 3.83. The van der Waals surface area contributed by atoms with Gasteiger partial charge >= 0.3 is 0 Å². The molecule has 2 saturated heterocycles. The van der Waals surface area contributed by atoms with Crippen LogP contribution in [-0.4, -0.2) is 36.1 Å². The summed E-state index contributed by atoms with van der Waals surface area (Å²) in [6.45, 7) is 4.35. The minimum Gasteiger partial charge on any atom is -0.371 e. The number of anilines is 1. The second-order valence-corrected chi connectivity index (χ2v) is 8.09. The monoisotopic (exact) mass is 395 g/mol. The third-order valence-corrected chi connectivity index (χ3v) is 6.08. The molecule has 2 aliphatic rings. The van der Waals surface area contributed by atoms with Crippen LogP contribution in [0, 0.1) is 12.7 Å². The summed E-state index contributed by atoms with van der Waals surface area (Å²) in [7, 11) is 1.71.